The van der Waals surface area contributed by atoms with Crippen LogP contribution in [0.25, 0.3) is 0 Å². The lowest BCUT2D eigenvalue weighted by Gasteiger charge is -2.20. The maximum Gasteiger partial charge on any atom is 0.336 e. The first kappa shape index (κ1) is 20.1. The smallest absolute Gasteiger partial charge is 0.336 e. The van der Waals surface area contributed by atoms with Gasteiger partial charge in [0.1, 0.15) is 5.15 Å². The lowest BCUT2D eigenvalue weighted by molar-refractivity contribution is 0.198. The number of rotatable bonds is 6. The number of aliphatic hydroxyl groups is 1. The van der Waals surface area contributed by atoms with Gasteiger partial charge in [-0.25, -0.2) is 9.78 Å². The van der Waals surface area contributed by atoms with E-state index in [2.05, 4.69) is 15.0 Å². The van der Waals surface area contributed by atoms with Gasteiger partial charge in [0.2, 0.25) is 5.88 Å². The summed E-state index contributed by atoms with van der Waals surface area (Å²) in [5.41, 5.74) is 5.10. The number of nitrogens with zero attached hydrogens (tertiary/aromatic N) is 4. The topological polar surface area (TPSA) is 149 Å². The van der Waals surface area contributed by atoms with Crippen molar-refractivity contribution in [2.24, 2.45) is 5.73 Å². The predicted molar refractivity (Wildman–Crippen MR) is 92.8 cm³/mol. The molecule has 2 aromatic heterocycles. The van der Waals surface area contributed by atoms with Crippen LogP contribution in [0.1, 0.15) is 11.7 Å². The van der Waals surface area contributed by atoms with Crippen LogP contribution >= 0.6 is 23.2 Å². The summed E-state index contributed by atoms with van der Waals surface area (Å²) in [6.07, 6.45) is -0.185. The van der Waals surface area contributed by atoms with Crippen LogP contribution in [-0.4, -0.2) is 47.5 Å². The highest BCUT2D eigenvalue weighted by Gasteiger charge is 2.36. The Morgan fingerprint density at radius 3 is 2.73 bits per heavy atom. The minimum absolute atomic E-state index is 0.0940. The summed E-state index contributed by atoms with van der Waals surface area (Å²) in [7, 11) is -3.43. The SMILES string of the molecule is COc1cc(Cl)nc(N(C(N)=O)S(=O)(=O)c2ncccc2C(O)CCl)n1. The van der Waals surface area contributed by atoms with Crippen molar-refractivity contribution < 1.29 is 23.1 Å². The second-order valence-electron chi connectivity index (χ2n) is 4.71. The number of pyridine rings is 1. The molecule has 2 heterocycles. The van der Waals surface area contributed by atoms with Crippen LogP contribution < -0.4 is 14.8 Å². The monoisotopic (exact) mass is 421 g/mol. The van der Waals surface area contributed by atoms with Crippen molar-refractivity contribution in [3.63, 3.8) is 0 Å². The summed E-state index contributed by atoms with van der Waals surface area (Å²) in [5.74, 6) is -1.03. The van der Waals surface area contributed by atoms with Gasteiger partial charge in [0.05, 0.1) is 19.1 Å². The Morgan fingerprint density at radius 2 is 2.15 bits per heavy atom. The highest BCUT2D eigenvalue weighted by atomic mass is 35.5. The number of anilines is 1. The number of aliphatic hydroxyl groups excluding tert-OH is 1. The highest BCUT2D eigenvalue weighted by Crippen LogP contribution is 2.28. The molecule has 2 aromatic rings. The number of amides is 2. The predicted octanol–water partition coefficient (Wildman–Crippen LogP) is 1.08. The van der Waals surface area contributed by atoms with Crippen LogP contribution in [0.4, 0.5) is 10.7 Å². The molecule has 0 aliphatic carbocycles. The zero-order chi connectivity index (χ0) is 19.5. The van der Waals surface area contributed by atoms with E-state index in [9.17, 15) is 18.3 Å². The van der Waals surface area contributed by atoms with E-state index < -0.39 is 33.1 Å². The van der Waals surface area contributed by atoms with Gasteiger partial charge >= 0.3 is 6.03 Å². The first-order valence-corrected chi connectivity index (χ1v) is 9.20. The average Bonchev–Trinajstić information content (AvgIpc) is 2.60. The fourth-order valence-corrected chi connectivity index (χ4v) is 3.69. The molecule has 3 N–H and O–H groups in total. The number of sulfonamides is 1. The first-order valence-electron chi connectivity index (χ1n) is 6.84. The van der Waals surface area contributed by atoms with E-state index in [4.69, 9.17) is 33.7 Å². The van der Waals surface area contributed by atoms with Crippen LogP contribution in [0, 0.1) is 0 Å². The summed E-state index contributed by atoms with van der Waals surface area (Å²) in [6, 6.07) is 2.50. The Hall–Kier alpha value is -2.21. The first-order chi connectivity index (χ1) is 12.2. The number of halogens is 2. The van der Waals surface area contributed by atoms with E-state index >= 15 is 0 Å². The Morgan fingerprint density at radius 1 is 1.46 bits per heavy atom. The second kappa shape index (κ2) is 7.99. The van der Waals surface area contributed by atoms with E-state index in [1.54, 1.807) is 0 Å². The second-order valence-corrected chi connectivity index (χ2v) is 7.11. The van der Waals surface area contributed by atoms with Crippen LogP contribution in [0.3, 0.4) is 0 Å². The third-order valence-electron chi connectivity index (χ3n) is 3.04. The molecule has 13 heteroatoms. The maximum atomic E-state index is 13.0. The summed E-state index contributed by atoms with van der Waals surface area (Å²) < 4.78 is 30.9. The summed E-state index contributed by atoms with van der Waals surface area (Å²) in [5, 5.41) is 9.13. The molecule has 0 radical (unpaired) electrons. The van der Waals surface area contributed by atoms with Crippen molar-refractivity contribution in [1.82, 2.24) is 15.0 Å². The fraction of sp³-hybridized carbons (Fsp3) is 0.231. The van der Waals surface area contributed by atoms with E-state index in [0.717, 1.165) is 6.20 Å². The normalized spacial score (nSPS) is 12.5. The molecule has 0 bridgehead atoms. The molecule has 0 fully saturated rings. The van der Waals surface area contributed by atoms with E-state index in [1.807, 2.05) is 0 Å². The van der Waals surface area contributed by atoms with Crippen LogP contribution in [0.5, 0.6) is 5.88 Å². The molecule has 0 aliphatic rings. The van der Waals surface area contributed by atoms with Gasteiger partial charge in [-0.3, -0.25) is 0 Å². The van der Waals surface area contributed by atoms with Crippen molar-refractivity contribution in [1.29, 1.82) is 0 Å². The van der Waals surface area contributed by atoms with Crippen molar-refractivity contribution >= 4 is 45.2 Å². The number of ether oxygens (including phenoxy) is 1. The van der Waals surface area contributed by atoms with Gasteiger partial charge in [0.15, 0.2) is 5.03 Å². The minimum atomic E-state index is -4.69. The molecule has 0 saturated carbocycles. The largest absolute Gasteiger partial charge is 0.481 e. The molecule has 0 saturated heterocycles. The number of hydrogen-bond donors (Lipinski definition) is 2. The lowest BCUT2D eigenvalue weighted by Crippen LogP contribution is -2.42. The van der Waals surface area contributed by atoms with Gasteiger partial charge in [0, 0.05) is 17.8 Å². The number of hydrogen-bond acceptors (Lipinski definition) is 8. The van der Waals surface area contributed by atoms with Gasteiger partial charge in [-0.15, -0.1) is 15.9 Å². The van der Waals surface area contributed by atoms with Gasteiger partial charge in [-0.1, -0.05) is 17.7 Å². The van der Waals surface area contributed by atoms with E-state index in [0.29, 0.717) is 0 Å². The number of carbonyl (C=O) groups excluding carboxylic acids is 1. The zero-order valence-corrected chi connectivity index (χ0v) is 15.5. The molecule has 0 spiro atoms. The fourth-order valence-electron chi connectivity index (χ4n) is 1.95. The summed E-state index contributed by atoms with van der Waals surface area (Å²) in [6.45, 7) is 0. The minimum Gasteiger partial charge on any atom is -0.481 e. The number of nitrogens with two attached hydrogens (primary N) is 1. The number of urea groups is 1. The molecule has 0 aromatic carbocycles. The molecular weight excluding hydrogens is 409 g/mol. The summed E-state index contributed by atoms with van der Waals surface area (Å²) in [4.78, 5) is 23.1. The van der Waals surface area contributed by atoms with E-state index in [-0.39, 0.29) is 26.8 Å². The zero-order valence-electron chi connectivity index (χ0n) is 13.2. The van der Waals surface area contributed by atoms with Crippen molar-refractivity contribution in [2.75, 3.05) is 17.3 Å². The molecular formula is C13H13Cl2N5O5S. The third kappa shape index (κ3) is 3.96. The van der Waals surface area contributed by atoms with Gasteiger partial charge in [0.25, 0.3) is 16.0 Å². The van der Waals surface area contributed by atoms with Gasteiger partial charge in [-0.05, 0) is 6.07 Å². The number of aromatic nitrogens is 3. The molecule has 10 nitrogen and oxygen atoms in total. The molecule has 2 amide bonds. The number of carbonyl (C=O) groups is 1. The highest BCUT2D eigenvalue weighted by molar-refractivity contribution is 7.93. The Kier molecular flexibility index (Phi) is 6.18. The quantitative estimate of drug-likeness (QED) is 0.519. The molecule has 1 atom stereocenters. The average molecular weight is 422 g/mol. The van der Waals surface area contributed by atoms with Crippen LogP contribution in [0.2, 0.25) is 5.15 Å². The van der Waals surface area contributed by atoms with E-state index in [1.165, 1.54) is 25.3 Å². The molecule has 1 unspecified atom stereocenters. The molecule has 0 aliphatic heterocycles. The van der Waals surface area contributed by atoms with Crippen LogP contribution in [0.15, 0.2) is 29.4 Å². The van der Waals surface area contributed by atoms with Crippen molar-refractivity contribution in [2.45, 2.75) is 11.1 Å². The number of primary amides is 1. The van der Waals surface area contributed by atoms with Gasteiger partial charge in [-0.2, -0.15) is 18.4 Å². The Balaban J connectivity index is 2.69. The standard InChI is InChI=1S/C13H13Cl2N5O5S/c1-25-10-5-9(15)18-13(19-10)20(12(16)22)26(23,24)11-7(8(21)6-14)3-2-4-17-11/h2-5,8,21H,6H2,1H3,(H2,16,22). The van der Waals surface area contributed by atoms with Crippen molar-refractivity contribution in [3.05, 3.63) is 35.1 Å². The molecule has 2 rings (SSSR count). The Labute approximate surface area is 158 Å². The van der Waals surface area contributed by atoms with Gasteiger partial charge < -0.3 is 15.6 Å². The maximum absolute atomic E-state index is 13.0. The lowest BCUT2D eigenvalue weighted by atomic mass is 10.2. The molecule has 140 valence electrons. The number of methoxy groups -OCH3 is 1. The van der Waals surface area contributed by atoms with Crippen LogP contribution in [-0.2, 0) is 10.0 Å². The third-order valence-corrected chi connectivity index (χ3v) is 5.18. The molecule has 26 heavy (non-hydrogen) atoms. The Bertz CT molecular complexity index is 927. The summed E-state index contributed by atoms with van der Waals surface area (Å²) >= 11 is 11.4. The number of alkyl halides is 1. The van der Waals surface area contributed by atoms with Crippen molar-refractivity contribution in [3.8, 4) is 5.88 Å².